The van der Waals surface area contributed by atoms with E-state index in [4.69, 9.17) is 4.52 Å². The smallest absolute Gasteiger partial charge is 0.227 e. The van der Waals surface area contributed by atoms with E-state index in [0.717, 1.165) is 16.8 Å². The average Bonchev–Trinajstić information content (AvgIpc) is 3.49. The third kappa shape index (κ3) is 5.25. The van der Waals surface area contributed by atoms with Gasteiger partial charge in [-0.25, -0.2) is 4.68 Å². The summed E-state index contributed by atoms with van der Waals surface area (Å²) in [5.41, 5.74) is 4.17. The number of benzene rings is 2. The highest BCUT2D eigenvalue weighted by Crippen LogP contribution is 2.20. The minimum absolute atomic E-state index is 0.0582. The molecule has 1 amide bonds. The Morgan fingerprint density at radius 1 is 1.10 bits per heavy atom. The van der Waals surface area contributed by atoms with Crippen LogP contribution in [0.25, 0.3) is 17.1 Å². The number of aryl methyl sites for hydroxylation is 1. The second-order valence-electron chi connectivity index (χ2n) is 7.68. The van der Waals surface area contributed by atoms with Gasteiger partial charge in [0.25, 0.3) is 0 Å². The molecule has 0 saturated heterocycles. The third-order valence-electron chi connectivity index (χ3n) is 5.06. The molecule has 0 aliphatic rings. The molecule has 31 heavy (non-hydrogen) atoms. The van der Waals surface area contributed by atoms with Crippen LogP contribution in [-0.4, -0.2) is 25.8 Å². The summed E-state index contributed by atoms with van der Waals surface area (Å²) in [5.74, 6) is 1.42. The molecule has 1 N–H and O–H groups in total. The van der Waals surface area contributed by atoms with E-state index in [9.17, 15) is 4.79 Å². The molecule has 0 aliphatic carbocycles. The lowest BCUT2D eigenvalue weighted by Gasteiger charge is -2.06. The molecular formula is C24H25N5O2. The molecule has 0 atom stereocenters. The van der Waals surface area contributed by atoms with Gasteiger partial charge in [0.1, 0.15) is 0 Å². The van der Waals surface area contributed by atoms with Gasteiger partial charge in [-0.15, -0.1) is 0 Å². The molecule has 2 heterocycles. The number of hydrogen-bond donors (Lipinski definition) is 1. The molecule has 0 unspecified atom stereocenters. The Bertz CT molecular complexity index is 1110. The summed E-state index contributed by atoms with van der Waals surface area (Å²) in [4.78, 5) is 16.6. The van der Waals surface area contributed by atoms with E-state index >= 15 is 0 Å². The van der Waals surface area contributed by atoms with E-state index < -0.39 is 0 Å². The summed E-state index contributed by atoms with van der Waals surface area (Å²) >= 11 is 0. The number of rotatable bonds is 8. The van der Waals surface area contributed by atoms with Crippen LogP contribution < -0.4 is 5.32 Å². The van der Waals surface area contributed by atoms with Crippen molar-refractivity contribution in [2.75, 3.05) is 0 Å². The van der Waals surface area contributed by atoms with Crippen molar-refractivity contribution in [2.45, 2.75) is 39.2 Å². The maximum Gasteiger partial charge on any atom is 0.227 e. The van der Waals surface area contributed by atoms with Gasteiger partial charge >= 0.3 is 0 Å². The molecule has 0 radical (unpaired) electrons. The lowest BCUT2D eigenvalue weighted by molar-refractivity contribution is -0.121. The largest absolute Gasteiger partial charge is 0.352 e. The zero-order valence-electron chi connectivity index (χ0n) is 17.7. The van der Waals surface area contributed by atoms with Gasteiger partial charge in [-0.2, -0.15) is 10.1 Å². The average molecular weight is 415 g/mol. The maximum absolute atomic E-state index is 12.2. The second kappa shape index (κ2) is 9.38. The molecule has 4 rings (SSSR count). The summed E-state index contributed by atoms with van der Waals surface area (Å²) < 4.78 is 7.10. The molecule has 7 heteroatoms. The van der Waals surface area contributed by atoms with Crippen LogP contribution >= 0.6 is 0 Å². The molecule has 2 aromatic carbocycles. The van der Waals surface area contributed by atoms with Gasteiger partial charge in [-0.1, -0.05) is 55.4 Å². The van der Waals surface area contributed by atoms with Crippen LogP contribution in [-0.2, 0) is 17.8 Å². The van der Waals surface area contributed by atoms with Crippen LogP contribution in [0.3, 0.4) is 0 Å². The third-order valence-corrected chi connectivity index (χ3v) is 5.06. The van der Waals surface area contributed by atoms with Crippen LogP contribution in [0.15, 0.2) is 71.5 Å². The van der Waals surface area contributed by atoms with Gasteiger partial charge < -0.3 is 9.84 Å². The minimum atomic E-state index is -0.0582. The van der Waals surface area contributed by atoms with E-state index in [0.29, 0.717) is 37.0 Å². The van der Waals surface area contributed by atoms with Crippen LogP contribution in [0.4, 0.5) is 0 Å². The number of aromatic nitrogens is 4. The van der Waals surface area contributed by atoms with Crippen molar-refractivity contribution in [3.8, 4) is 17.1 Å². The number of nitrogens with zero attached hydrogens (tertiary/aromatic N) is 4. The highest BCUT2D eigenvalue weighted by Gasteiger charge is 2.11. The first-order valence-corrected chi connectivity index (χ1v) is 10.4. The zero-order valence-corrected chi connectivity index (χ0v) is 17.7. The van der Waals surface area contributed by atoms with Gasteiger partial charge in [-0.3, -0.25) is 4.79 Å². The fraction of sp³-hybridized carbons (Fsp3) is 0.250. The monoisotopic (exact) mass is 415 g/mol. The van der Waals surface area contributed by atoms with Crippen LogP contribution in [0.1, 0.15) is 43.2 Å². The number of amides is 1. The molecule has 2 aromatic heterocycles. The second-order valence-corrected chi connectivity index (χ2v) is 7.68. The van der Waals surface area contributed by atoms with Crippen molar-refractivity contribution in [1.29, 1.82) is 0 Å². The van der Waals surface area contributed by atoms with E-state index in [-0.39, 0.29) is 5.91 Å². The van der Waals surface area contributed by atoms with E-state index in [1.807, 2.05) is 48.7 Å². The highest BCUT2D eigenvalue weighted by atomic mass is 16.5. The van der Waals surface area contributed by atoms with Gasteiger partial charge in [-0.05, 0) is 35.2 Å². The predicted octanol–water partition coefficient (Wildman–Crippen LogP) is 4.29. The molecule has 158 valence electrons. The van der Waals surface area contributed by atoms with E-state index in [1.54, 1.807) is 10.9 Å². The molecule has 0 aliphatic heterocycles. The first-order chi connectivity index (χ1) is 15.1. The summed E-state index contributed by atoms with van der Waals surface area (Å²) in [7, 11) is 0. The lowest BCUT2D eigenvalue weighted by atomic mass is 10.0. The Labute approximate surface area is 181 Å². The molecule has 0 fully saturated rings. The number of hydrogen-bond acceptors (Lipinski definition) is 5. The Morgan fingerprint density at radius 3 is 2.55 bits per heavy atom. The van der Waals surface area contributed by atoms with E-state index in [2.05, 4.69) is 46.5 Å². The summed E-state index contributed by atoms with van der Waals surface area (Å²) in [6, 6.07) is 17.9. The molecule has 0 spiro atoms. The summed E-state index contributed by atoms with van der Waals surface area (Å²) in [5, 5.41) is 11.2. The summed E-state index contributed by atoms with van der Waals surface area (Å²) in [6.45, 7) is 4.78. The Morgan fingerprint density at radius 2 is 1.87 bits per heavy atom. The van der Waals surface area contributed by atoms with Gasteiger partial charge in [0.05, 0.1) is 5.69 Å². The van der Waals surface area contributed by atoms with Crippen molar-refractivity contribution >= 4 is 5.91 Å². The maximum atomic E-state index is 12.2. The molecular weight excluding hydrogens is 390 g/mol. The Kier molecular flexibility index (Phi) is 6.21. The normalized spacial score (nSPS) is 11.1. The van der Waals surface area contributed by atoms with Gasteiger partial charge in [0.15, 0.2) is 0 Å². The SMILES string of the molecule is CC(C)c1ccc(-c2noc(CCC(=O)NCc3ccc(-n4cccn4)cc3)n2)cc1. The number of carbonyl (C=O) groups is 1. The van der Waals surface area contributed by atoms with Crippen LogP contribution in [0.2, 0.25) is 0 Å². The van der Waals surface area contributed by atoms with E-state index in [1.165, 1.54) is 5.56 Å². The lowest BCUT2D eigenvalue weighted by Crippen LogP contribution is -2.23. The van der Waals surface area contributed by atoms with Crippen molar-refractivity contribution in [2.24, 2.45) is 0 Å². The summed E-state index contributed by atoms with van der Waals surface area (Å²) in [6.07, 6.45) is 4.32. The van der Waals surface area contributed by atoms with Crippen molar-refractivity contribution in [1.82, 2.24) is 25.2 Å². The Balaban J connectivity index is 1.25. The molecule has 0 bridgehead atoms. The minimum Gasteiger partial charge on any atom is -0.352 e. The first kappa shape index (κ1) is 20.5. The zero-order chi connectivity index (χ0) is 21.6. The predicted molar refractivity (Wildman–Crippen MR) is 118 cm³/mol. The topological polar surface area (TPSA) is 85.8 Å². The quantitative estimate of drug-likeness (QED) is 0.464. The van der Waals surface area contributed by atoms with Gasteiger partial charge in [0.2, 0.25) is 17.6 Å². The highest BCUT2D eigenvalue weighted by molar-refractivity contribution is 5.76. The molecule has 4 aromatic rings. The first-order valence-electron chi connectivity index (χ1n) is 10.4. The Hall–Kier alpha value is -3.74. The number of carbonyl (C=O) groups excluding carboxylic acids is 1. The van der Waals surface area contributed by atoms with Crippen LogP contribution in [0.5, 0.6) is 0 Å². The molecule has 7 nitrogen and oxygen atoms in total. The number of nitrogens with one attached hydrogen (secondary N) is 1. The van der Waals surface area contributed by atoms with Crippen molar-refractivity contribution in [3.63, 3.8) is 0 Å². The van der Waals surface area contributed by atoms with Crippen molar-refractivity contribution < 1.29 is 9.32 Å². The van der Waals surface area contributed by atoms with Crippen LogP contribution in [0, 0.1) is 0 Å². The van der Waals surface area contributed by atoms with Gasteiger partial charge in [0, 0.05) is 37.3 Å². The van der Waals surface area contributed by atoms with Crippen molar-refractivity contribution in [3.05, 3.63) is 84.0 Å². The standard InChI is InChI=1S/C24H25N5O2/c1-17(2)19-6-8-20(9-7-19)24-27-23(31-28-24)13-12-22(30)25-16-18-4-10-21(11-5-18)29-15-3-14-26-29/h3-11,14-15,17H,12-13,16H2,1-2H3,(H,25,30). The fourth-order valence-electron chi connectivity index (χ4n) is 3.19. The molecule has 0 saturated carbocycles. The fourth-order valence-corrected chi connectivity index (χ4v) is 3.19.